The van der Waals surface area contributed by atoms with E-state index in [1.807, 2.05) is 39.1 Å². The van der Waals surface area contributed by atoms with Gasteiger partial charge in [0.2, 0.25) is 0 Å². The number of anilines is 1. The predicted molar refractivity (Wildman–Crippen MR) is 84.5 cm³/mol. The van der Waals surface area contributed by atoms with Crippen molar-refractivity contribution in [2.75, 3.05) is 18.5 Å². The first-order valence-corrected chi connectivity index (χ1v) is 6.80. The van der Waals surface area contributed by atoms with Gasteiger partial charge in [-0.15, -0.1) is 0 Å². The molecule has 2 nitrogen and oxygen atoms in total. The van der Waals surface area contributed by atoms with Crippen LogP contribution in [0.15, 0.2) is 54.6 Å². The number of hydrogen-bond donors (Lipinski definition) is 0. The Morgan fingerprint density at radius 2 is 1.50 bits per heavy atom. The van der Waals surface area contributed by atoms with Gasteiger partial charge in [0, 0.05) is 19.3 Å². The van der Waals surface area contributed by atoms with Crippen molar-refractivity contribution in [3.05, 3.63) is 54.6 Å². The normalized spacial score (nSPS) is 10.9. The van der Waals surface area contributed by atoms with Crippen LogP contribution in [-0.2, 0) is 0 Å². The molecule has 0 aromatic heterocycles. The van der Waals surface area contributed by atoms with Crippen LogP contribution in [-0.4, -0.2) is 13.6 Å². The lowest BCUT2D eigenvalue weighted by Crippen LogP contribution is -2.30. The summed E-state index contributed by atoms with van der Waals surface area (Å²) in [7, 11) is 2.02. The van der Waals surface area contributed by atoms with E-state index in [0.29, 0.717) is 6.54 Å². The van der Waals surface area contributed by atoms with E-state index in [-0.39, 0.29) is 5.41 Å². The summed E-state index contributed by atoms with van der Waals surface area (Å²) in [5.74, 6) is 0. The van der Waals surface area contributed by atoms with Crippen molar-refractivity contribution in [2.24, 2.45) is 5.41 Å². The third-order valence-corrected chi connectivity index (χ3v) is 3.35. The Kier molecular flexibility index (Phi) is 4.10. The van der Waals surface area contributed by atoms with Gasteiger partial charge in [-0.2, -0.15) is 5.26 Å². The van der Waals surface area contributed by atoms with Crippen molar-refractivity contribution in [3.63, 3.8) is 0 Å². The van der Waals surface area contributed by atoms with Gasteiger partial charge in [-0.3, -0.25) is 0 Å². The summed E-state index contributed by atoms with van der Waals surface area (Å²) >= 11 is 0. The Balaban J connectivity index is 2.15. The van der Waals surface area contributed by atoms with Gasteiger partial charge in [-0.05, 0) is 37.1 Å². The minimum Gasteiger partial charge on any atom is -0.373 e. The molecule has 0 heterocycles. The van der Waals surface area contributed by atoms with Crippen LogP contribution in [0.2, 0.25) is 0 Å². The molecule has 20 heavy (non-hydrogen) atoms. The number of rotatable bonds is 4. The highest BCUT2D eigenvalue weighted by molar-refractivity contribution is 5.66. The van der Waals surface area contributed by atoms with Gasteiger partial charge in [-0.1, -0.05) is 42.5 Å². The van der Waals surface area contributed by atoms with Crippen molar-refractivity contribution < 1.29 is 0 Å². The monoisotopic (exact) mass is 264 g/mol. The molecule has 2 aromatic rings. The number of nitriles is 1. The van der Waals surface area contributed by atoms with E-state index in [1.54, 1.807) is 0 Å². The third kappa shape index (κ3) is 3.39. The van der Waals surface area contributed by atoms with Crippen molar-refractivity contribution in [1.29, 1.82) is 5.26 Å². The molecule has 0 aliphatic rings. The molecular weight excluding hydrogens is 244 g/mol. The van der Waals surface area contributed by atoms with E-state index in [9.17, 15) is 0 Å². The predicted octanol–water partition coefficient (Wildman–Crippen LogP) is 4.34. The van der Waals surface area contributed by atoms with Crippen LogP contribution in [0.1, 0.15) is 13.8 Å². The number of benzene rings is 2. The van der Waals surface area contributed by atoms with E-state index >= 15 is 0 Å². The second kappa shape index (κ2) is 5.79. The summed E-state index contributed by atoms with van der Waals surface area (Å²) in [6.07, 6.45) is 0. The zero-order valence-corrected chi connectivity index (χ0v) is 12.3. The molecular formula is C18H20N2. The van der Waals surface area contributed by atoms with Gasteiger partial charge in [0.05, 0.1) is 11.5 Å². The highest BCUT2D eigenvalue weighted by Gasteiger charge is 2.19. The zero-order chi connectivity index (χ0) is 14.6. The average molecular weight is 264 g/mol. The highest BCUT2D eigenvalue weighted by atomic mass is 15.1. The molecule has 0 aliphatic heterocycles. The number of nitrogens with zero attached hydrogens (tertiary/aromatic N) is 2. The summed E-state index contributed by atoms with van der Waals surface area (Å²) in [6, 6.07) is 21.1. The first-order valence-electron chi connectivity index (χ1n) is 6.80. The van der Waals surface area contributed by atoms with Gasteiger partial charge in [-0.25, -0.2) is 0 Å². The molecule has 0 amide bonds. The first-order chi connectivity index (χ1) is 9.52. The van der Waals surface area contributed by atoms with Crippen LogP contribution in [0.3, 0.4) is 0 Å². The summed E-state index contributed by atoms with van der Waals surface area (Å²) in [5, 5.41) is 9.11. The molecule has 0 N–H and O–H groups in total. The van der Waals surface area contributed by atoms with E-state index in [4.69, 9.17) is 5.26 Å². The summed E-state index contributed by atoms with van der Waals surface area (Å²) in [5.41, 5.74) is 3.22. The molecule has 0 radical (unpaired) electrons. The molecule has 2 aromatic carbocycles. The van der Waals surface area contributed by atoms with Crippen LogP contribution in [0.5, 0.6) is 0 Å². The van der Waals surface area contributed by atoms with Crippen LogP contribution in [0.4, 0.5) is 5.69 Å². The second-order valence-corrected chi connectivity index (χ2v) is 5.76. The fourth-order valence-electron chi connectivity index (χ4n) is 2.26. The Bertz CT molecular complexity index is 592. The fourth-order valence-corrected chi connectivity index (χ4v) is 2.26. The Morgan fingerprint density at radius 3 is 2.05 bits per heavy atom. The molecule has 0 saturated carbocycles. The molecule has 0 spiro atoms. The molecule has 102 valence electrons. The van der Waals surface area contributed by atoms with Crippen molar-refractivity contribution in [1.82, 2.24) is 0 Å². The van der Waals surface area contributed by atoms with E-state index < -0.39 is 0 Å². The topological polar surface area (TPSA) is 27.0 Å². The van der Waals surface area contributed by atoms with E-state index in [2.05, 4.69) is 47.4 Å². The Hall–Kier alpha value is -2.27. The van der Waals surface area contributed by atoms with Gasteiger partial charge in [0.25, 0.3) is 0 Å². The maximum Gasteiger partial charge on any atom is 0.0702 e. The lowest BCUT2D eigenvalue weighted by Gasteiger charge is -2.26. The largest absolute Gasteiger partial charge is 0.373 e. The van der Waals surface area contributed by atoms with Gasteiger partial charge >= 0.3 is 0 Å². The maximum absolute atomic E-state index is 9.11. The number of hydrogen-bond acceptors (Lipinski definition) is 2. The standard InChI is InChI=1S/C18H20N2/c1-18(2,13-19)14-20(3)17-11-9-16(10-12-17)15-7-5-4-6-8-15/h4-12H,14H2,1-3H3. The first kappa shape index (κ1) is 14.1. The summed E-state index contributed by atoms with van der Waals surface area (Å²) < 4.78 is 0. The molecule has 2 rings (SSSR count). The van der Waals surface area contributed by atoms with Crippen LogP contribution >= 0.6 is 0 Å². The summed E-state index contributed by atoms with van der Waals surface area (Å²) in [6.45, 7) is 4.64. The molecule has 0 saturated heterocycles. The zero-order valence-electron chi connectivity index (χ0n) is 12.3. The highest BCUT2D eigenvalue weighted by Crippen LogP contribution is 2.24. The second-order valence-electron chi connectivity index (χ2n) is 5.76. The van der Waals surface area contributed by atoms with Gasteiger partial charge in [0.15, 0.2) is 0 Å². The molecule has 0 fully saturated rings. The molecule has 2 heteroatoms. The minimum atomic E-state index is -0.340. The van der Waals surface area contributed by atoms with Crippen LogP contribution in [0, 0.1) is 16.7 Å². The molecule has 0 bridgehead atoms. The smallest absolute Gasteiger partial charge is 0.0702 e. The van der Waals surface area contributed by atoms with Crippen molar-refractivity contribution in [3.8, 4) is 17.2 Å². The Morgan fingerprint density at radius 1 is 0.950 bits per heavy atom. The lowest BCUT2D eigenvalue weighted by molar-refractivity contribution is 0.497. The summed E-state index contributed by atoms with van der Waals surface area (Å²) in [4.78, 5) is 2.12. The van der Waals surface area contributed by atoms with Crippen molar-refractivity contribution in [2.45, 2.75) is 13.8 Å². The van der Waals surface area contributed by atoms with E-state index in [0.717, 1.165) is 5.69 Å². The molecule has 0 aliphatic carbocycles. The van der Waals surface area contributed by atoms with Gasteiger partial charge < -0.3 is 4.90 Å². The van der Waals surface area contributed by atoms with E-state index in [1.165, 1.54) is 11.1 Å². The Labute approximate surface area is 121 Å². The third-order valence-electron chi connectivity index (χ3n) is 3.35. The van der Waals surface area contributed by atoms with Crippen molar-refractivity contribution >= 4 is 5.69 Å². The quantitative estimate of drug-likeness (QED) is 0.821. The average Bonchev–Trinajstić information content (AvgIpc) is 2.48. The molecule has 0 atom stereocenters. The fraction of sp³-hybridized carbons (Fsp3) is 0.278. The minimum absolute atomic E-state index is 0.340. The SMILES string of the molecule is CN(CC(C)(C)C#N)c1ccc(-c2ccccc2)cc1. The van der Waals surface area contributed by atoms with Crippen LogP contribution in [0.25, 0.3) is 11.1 Å². The maximum atomic E-state index is 9.11. The lowest BCUT2D eigenvalue weighted by atomic mass is 9.95. The molecule has 0 unspecified atom stereocenters. The van der Waals surface area contributed by atoms with Crippen LogP contribution < -0.4 is 4.90 Å². The van der Waals surface area contributed by atoms with Gasteiger partial charge in [0.1, 0.15) is 0 Å².